The normalized spacial score (nSPS) is 17.6. The number of carbonyl (C=O) groups excluding carboxylic acids is 1. The predicted octanol–water partition coefficient (Wildman–Crippen LogP) is 2.63. The van der Waals surface area contributed by atoms with E-state index < -0.39 is 5.54 Å². The van der Waals surface area contributed by atoms with Gasteiger partial charge in [-0.15, -0.1) is 0 Å². The van der Waals surface area contributed by atoms with Crippen LogP contribution in [0.5, 0.6) is 11.5 Å². The molecule has 0 saturated heterocycles. The summed E-state index contributed by atoms with van der Waals surface area (Å²) in [6.07, 6.45) is 4.75. The van der Waals surface area contributed by atoms with Gasteiger partial charge in [-0.2, -0.15) is 4.98 Å². The van der Waals surface area contributed by atoms with Gasteiger partial charge in [0.15, 0.2) is 17.3 Å². The summed E-state index contributed by atoms with van der Waals surface area (Å²) < 4.78 is 16.0. The van der Waals surface area contributed by atoms with Gasteiger partial charge in [-0.3, -0.25) is 4.79 Å². The summed E-state index contributed by atoms with van der Waals surface area (Å²) in [4.78, 5) is 16.9. The Morgan fingerprint density at radius 1 is 1.28 bits per heavy atom. The molecule has 1 aromatic heterocycles. The van der Waals surface area contributed by atoms with Crippen molar-refractivity contribution in [2.24, 2.45) is 0 Å². The zero-order valence-electron chi connectivity index (χ0n) is 14.2. The minimum absolute atomic E-state index is 0.0131. The van der Waals surface area contributed by atoms with Gasteiger partial charge in [0.1, 0.15) is 5.54 Å². The Hall–Kier alpha value is -2.57. The van der Waals surface area contributed by atoms with Gasteiger partial charge in [0.2, 0.25) is 18.6 Å². The maximum absolute atomic E-state index is 12.6. The number of nitrogens with one attached hydrogen (secondary N) is 1. The molecular weight excluding hydrogens is 322 g/mol. The Kier molecular flexibility index (Phi) is 4.07. The van der Waals surface area contributed by atoms with Gasteiger partial charge in [-0.25, -0.2) is 0 Å². The quantitative estimate of drug-likeness (QED) is 0.898. The minimum Gasteiger partial charge on any atom is -0.454 e. The van der Waals surface area contributed by atoms with E-state index in [4.69, 9.17) is 14.0 Å². The highest BCUT2D eigenvalue weighted by atomic mass is 16.7. The van der Waals surface area contributed by atoms with E-state index in [1.165, 1.54) is 0 Å². The molecule has 1 aliphatic carbocycles. The number of rotatable bonds is 5. The van der Waals surface area contributed by atoms with E-state index in [0.29, 0.717) is 24.6 Å². The smallest absolute Gasteiger partial charge is 0.231 e. The van der Waals surface area contributed by atoms with Crippen molar-refractivity contribution < 1.29 is 18.8 Å². The first-order chi connectivity index (χ1) is 12.2. The van der Waals surface area contributed by atoms with Crippen molar-refractivity contribution in [3.8, 4) is 11.5 Å². The van der Waals surface area contributed by atoms with Gasteiger partial charge in [-0.05, 0) is 30.9 Å². The average Bonchev–Trinajstić information content (AvgIpc) is 3.33. The number of amides is 1. The maximum Gasteiger partial charge on any atom is 0.231 e. The highest BCUT2D eigenvalue weighted by molar-refractivity contribution is 5.77. The summed E-state index contributed by atoms with van der Waals surface area (Å²) in [6, 6.07) is 5.76. The number of aromatic nitrogens is 2. The molecule has 0 unspecified atom stereocenters. The fourth-order valence-corrected chi connectivity index (χ4v) is 3.64. The predicted molar refractivity (Wildman–Crippen MR) is 88.2 cm³/mol. The van der Waals surface area contributed by atoms with Gasteiger partial charge in [0.25, 0.3) is 0 Å². The second-order valence-corrected chi connectivity index (χ2v) is 6.63. The fraction of sp³-hybridized carbons (Fsp3) is 0.500. The summed E-state index contributed by atoms with van der Waals surface area (Å²) in [5.74, 6) is 2.59. The first-order valence-electron chi connectivity index (χ1n) is 8.66. The van der Waals surface area contributed by atoms with Gasteiger partial charge in [0.05, 0.1) is 0 Å². The average molecular weight is 343 g/mol. The second-order valence-electron chi connectivity index (χ2n) is 6.63. The molecule has 4 rings (SSSR count). The van der Waals surface area contributed by atoms with Crippen molar-refractivity contribution >= 4 is 5.91 Å². The Morgan fingerprint density at radius 2 is 2.12 bits per heavy atom. The number of carbonyl (C=O) groups is 1. The molecule has 1 aromatic carbocycles. The molecular formula is C18H21N3O4. The number of fused-ring (bicyclic) bond motifs is 1. The van der Waals surface area contributed by atoms with Crippen molar-refractivity contribution in [1.29, 1.82) is 0 Å². The van der Waals surface area contributed by atoms with Crippen molar-refractivity contribution in [1.82, 2.24) is 15.5 Å². The van der Waals surface area contributed by atoms with Gasteiger partial charge in [-0.1, -0.05) is 30.1 Å². The number of aryl methyl sites for hydroxylation is 2. The number of hydrogen-bond acceptors (Lipinski definition) is 6. The van der Waals surface area contributed by atoms with Crippen molar-refractivity contribution in [2.75, 3.05) is 6.79 Å². The molecule has 7 heteroatoms. The van der Waals surface area contributed by atoms with Crippen LogP contribution in [0.2, 0.25) is 0 Å². The number of hydrogen-bond donors (Lipinski definition) is 1. The van der Waals surface area contributed by atoms with Crippen LogP contribution in [0.3, 0.4) is 0 Å². The van der Waals surface area contributed by atoms with Gasteiger partial charge < -0.3 is 19.3 Å². The molecule has 1 fully saturated rings. The molecule has 1 saturated carbocycles. The lowest BCUT2D eigenvalue weighted by Crippen LogP contribution is -2.44. The molecule has 25 heavy (non-hydrogen) atoms. The largest absolute Gasteiger partial charge is 0.454 e. The van der Waals surface area contributed by atoms with E-state index in [0.717, 1.165) is 42.7 Å². The standard InChI is InChI=1S/C18H21N3O4/c1-12-19-17(21-25-12)18(9-2-3-10-18)20-15(22)8-7-13-5-4-6-14-16(13)24-11-23-14/h4-6H,2-3,7-11H2,1H3,(H,20,22). The summed E-state index contributed by atoms with van der Waals surface area (Å²) in [6.45, 7) is 2.00. The third kappa shape index (κ3) is 3.06. The summed E-state index contributed by atoms with van der Waals surface area (Å²) in [5, 5.41) is 7.22. The summed E-state index contributed by atoms with van der Waals surface area (Å²) in [7, 11) is 0. The van der Waals surface area contributed by atoms with E-state index in [-0.39, 0.29) is 12.7 Å². The summed E-state index contributed by atoms with van der Waals surface area (Å²) >= 11 is 0. The molecule has 0 atom stereocenters. The molecule has 2 aliphatic rings. The Morgan fingerprint density at radius 3 is 2.88 bits per heavy atom. The summed E-state index contributed by atoms with van der Waals surface area (Å²) in [5.41, 5.74) is 0.494. The van der Waals surface area contributed by atoms with Crippen LogP contribution in [-0.4, -0.2) is 22.8 Å². The van der Waals surface area contributed by atoms with E-state index in [2.05, 4.69) is 15.5 Å². The molecule has 2 heterocycles. The monoisotopic (exact) mass is 343 g/mol. The SMILES string of the molecule is Cc1nc(C2(NC(=O)CCc3cccc4c3OCO4)CCCC2)no1. The van der Waals surface area contributed by atoms with Crippen molar-refractivity contribution in [2.45, 2.75) is 51.0 Å². The highest BCUT2D eigenvalue weighted by Gasteiger charge is 2.41. The minimum atomic E-state index is -0.493. The third-order valence-corrected chi connectivity index (χ3v) is 4.89. The molecule has 7 nitrogen and oxygen atoms in total. The molecule has 1 N–H and O–H groups in total. The highest BCUT2D eigenvalue weighted by Crippen LogP contribution is 2.38. The van der Waals surface area contributed by atoms with Gasteiger partial charge in [0, 0.05) is 13.3 Å². The molecule has 132 valence electrons. The van der Waals surface area contributed by atoms with E-state index in [1.807, 2.05) is 18.2 Å². The molecule has 1 amide bonds. The lowest BCUT2D eigenvalue weighted by Gasteiger charge is -2.26. The lowest BCUT2D eigenvalue weighted by atomic mass is 9.96. The number of nitrogens with zero attached hydrogens (tertiary/aromatic N) is 2. The number of ether oxygens (including phenoxy) is 2. The third-order valence-electron chi connectivity index (χ3n) is 4.89. The van der Waals surface area contributed by atoms with Crippen LogP contribution in [0.4, 0.5) is 0 Å². The first kappa shape index (κ1) is 15.9. The zero-order valence-corrected chi connectivity index (χ0v) is 14.2. The van der Waals surface area contributed by atoms with E-state index >= 15 is 0 Å². The second kappa shape index (κ2) is 6.38. The van der Waals surface area contributed by atoms with Gasteiger partial charge >= 0.3 is 0 Å². The molecule has 0 spiro atoms. The van der Waals surface area contributed by atoms with Crippen molar-refractivity contribution in [3.05, 3.63) is 35.5 Å². The van der Waals surface area contributed by atoms with Crippen LogP contribution in [0.25, 0.3) is 0 Å². The van der Waals surface area contributed by atoms with Crippen LogP contribution in [0, 0.1) is 6.92 Å². The van der Waals surface area contributed by atoms with Crippen molar-refractivity contribution in [3.63, 3.8) is 0 Å². The Balaban J connectivity index is 1.44. The van der Waals surface area contributed by atoms with Crippen LogP contribution in [0.15, 0.2) is 22.7 Å². The zero-order chi connectivity index (χ0) is 17.3. The van der Waals surface area contributed by atoms with Crippen LogP contribution >= 0.6 is 0 Å². The Labute approximate surface area is 145 Å². The molecule has 1 aliphatic heterocycles. The van der Waals surface area contributed by atoms with E-state index in [1.54, 1.807) is 6.92 Å². The molecule has 2 aromatic rings. The van der Waals surface area contributed by atoms with E-state index in [9.17, 15) is 4.79 Å². The topological polar surface area (TPSA) is 86.5 Å². The van der Waals surface area contributed by atoms with Crippen LogP contribution in [0.1, 0.15) is 49.4 Å². The lowest BCUT2D eigenvalue weighted by molar-refractivity contribution is -0.123. The molecule has 0 radical (unpaired) electrons. The van der Waals surface area contributed by atoms with Crippen LogP contribution in [-0.2, 0) is 16.8 Å². The number of benzene rings is 1. The molecule has 0 bridgehead atoms. The Bertz CT molecular complexity index is 780. The number of para-hydroxylation sites is 1. The maximum atomic E-state index is 12.6. The first-order valence-corrected chi connectivity index (χ1v) is 8.66. The van der Waals surface area contributed by atoms with Crippen LogP contribution < -0.4 is 14.8 Å². The fourth-order valence-electron chi connectivity index (χ4n) is 3.64.